The number of nitrogens with one attached hydrogen (secondary N) is 2. The van der Waals surface area contributed by atoms with Gasteiger partial charge < -0.3 is 29.7 Å². The summed E-state index contributed by atoms with van der Waals surface area (Å²) in [4.78, 5) is 39.7. The van der Waals surface area contributed by atoms with E-state index in [1.54, 1.807) is 18.2 Å². The van der Waals surface area contributed by atoms with Gasteiger partial charge in [-0.2, -0.15) is 0 Å². The molecule has 0 spiro atoms. The molecule has 2 aromatic carbocycles. The molecule has 0 radical (unpaired) electrons. The molecule has 0 bridgehead atoms. The highest BCUT2D eigenvalue weighted by molar-refractivity contribution is 6.31. The van der Waals surface area contributed by atoms with Crippen molar-refractivity contribution in [2.75, 3.05) is 37.8 Å². The van der Waals surface area contributed by atoms with Crippen LogP contribution in [0.1, 0.15) is 12.8 Å². The van der Waals surface area contributed by atoms with Crippen molar-refractivity contribution in [3.05, 3.63) is 64.5 Å². The third-order valence-electron chi connectivity index (χ3n) is 5.97. The molecule has 1 fully saturated rings. The zero-order valence-electron chi connectivity index (χ0n) is 20.3. The Balaban J connectivity index is 1.26. The lowest BCUT2D eigenvalue weighted by Gasteiger charge is -2.35. The molecule has 2 aliphatic heterocycles. The van der Waals surface area contributed by atoms with Crippen LogP contribution in [-0.4, -0.2) is 56.7 Å². The van der Waals surface area contributed by atoms with Crippen molar-refractivity contribution in [1.82, 2.24) is 10.6 Å². The lowest BCUT2D eigenvalue weighted by Crippen LogP contribution is -2.52. The lowest BCUT2D eigenvalue weighted by atomic mass is 10.1. The van der Waals surface area contributed by atoms with Crippen molar-refractivity contribution in [2.45, 2.75) is 18.9 Å². The zero-order chi connectivity index (χ0) is 27.2. The van der Waals surface area contributed by atoms with Gasteiger partial charge in [0.15, 0.2) is 12.7 Å². The van der Waals surface area contributed by atoms with Crippen molar-refractivity contribution >= 4 is 46.6 Å². The minimum atomic E-state index is -0.939. The van der Waals surface area contributed by atoms with Gasteiger partial charge in [-0.1, -0.05) is 29.8 Å². The van der Waals surface area contributed by atoms with E-state index in [9.17, 15) is 18.8 Å². The van der Waals surface area contributed by atoms with E-state index < -0.39 is 23.7 Å². The van der Waals surface area contributed by atoms with E-state index in [-0.39, 0.29) is 48.7 Å². The van der Waals surface area contributed by atoms with Gasteiger partial charge in [-0.05, 0) is 36.8 Å². The number of carbonyl (C=O) groups is 3. The predicted molar refractivity (Wildman–Crippen MR) is 139 cm³/mol. The van der Waals surface area contributed by atoms with Crippen molar-refractivity contribution in [2.24, 2.45) is 5.92 Å². The minimum Gasteiger partial charge on any atom is -0.484 e. The van der Waals surface area contributed by atoms with Crippen molar-refractivity contribution in [1.29, 1.82) is 0 Å². The number of carbonyl (C=O) groups excluding carboxylic acids is 3. The number of anilines is 1. The van der Waals surface area contributed by atoms with Crippen LogP contribution >= 0.6 is 23.2 Å². The first-order valence-corrected chi connectivity index (χ1v) is 12.7. The summed E-state index contributed by atoms with van der Waals surface area (Å²) in [6.07, 6.45) is -0.0853. The Morgan fingerprint density at radius 2 is 2.00 bits per heavy atom. The smallest absolute Gasteiger partial charge is 0.262 e. The molecule has 4 rings (SSSR count). The van der Waals surface area contributed by atoms with Crippen LogP contribution in [0.5, 0.6) is 11.5 Å². The molecule has 2 aliphatic rings. The summed E-state index contributed by atoms with van der Waals surface area (Å²) >= 11 is 11.8. The fourth-order valence-electron chi connectivity index (χ4n) is 4.01. The molecule has 38 heavy (non-hydrogen) atoms. The number of halogens is 3. The monoisotopic (exact) mass is 565 g/mol. The molecule has 1 saturated heterocycles. The first kappa shape index (κ1) is 27.7. The van der Waals surface area contributed by atoms with Crippen molar-refractivity contribution < 1.29 is 33.0 Å². The van der Waals surface area contributed by atoms with Gasteiger partial charge >= 0.3 is 0 Å². The average Bonchev–Trinajstić information content (AvgIpc) is 3.43. The highest BCUT2D eigenvalue weighted by Gasteiger charge is 2.37. The van der Waals surface area contributed by atoms with Gasteiger partial charge in [-0.25, -0.2) is 4.39 Å². The van der Waals surface area contributed by atoms with Gasteiger partial charge in [-0.15, -0.1) is 0 Å². The number of hydrogen-bond acceptors (Lipinski definition) is 6. The highest BCUT2D eigenvalue weighted by Crippen LogP contribution is 2.37. The molecule has 2 atom stereocenters. The van der Waals surface area contributed by atoms with Gasteiger partial charge in [0.2, 0.25) is 5.91 Å². The van der Waals surface area contributed by atoms with Gasteiger partial charge in [0.1, 0.15) is 17.3 Å². The number of ether oxygens (including phenoxy) is 3. The third kappa shape index (κ3) is 6.94. The Hall–Kier alpha value is -3.34. The fraction of sp³-hybridized carbons (Fsp3) is 0.346. The number of hydrogen-bond donors (Lipinski definition) is 2. The summed E-state index contributed by atoms with van der Waals surface area (Å²) < 4.78 is 29.9. The number of benzene rings is 2. The third-order valence-corrected chi connectivity index (χ3v) is 6.51. The van der Waals surface area contributed by atoms with E-state index in [0.29, 0.717) is 41.8 Å². The number of fused-ring (bicyclic) bond motifs is 1. The maximum atomic E-state index is 13.5. The van der Waals surface area contributed by atoms with E-state index in [1.807, 2.05) is 0 Å². The standard InChI is InChI=1S/C26H26Cl2FN3O6/c1-15(31-24(33)14-37-18-3-4-19(28)20(29)11-18)6-8-30-25(34)23-12-32(26(35)16-7-9-36-13-16)21-10-17(27)2-5-22(21)38-23/h2-5,10-11,16,23H,1,6-9,12-14H2,(H,30,34)(H,31,33). The van der Waals surface area contributed by atoms with Crippen molar-refractivity contribution in [3.63, 3.8) is 0 Å². The molecule has 2 aromatic rings. The maximum Gasteiger partial charge on any atom is 0.262 e. The summed E-state index contributed by atoms with van der Waals surface area (Å²) in [5.41, 5.74) is 0.863. The lowest BCUT2D eigenvalue weighted by molar-refractivity contribution is -0.128. The van der Waals surface area contributed by atoms with Crippen LogP contribution in [0.2, 0.25) is 10.0 Å². The largest absolute Gasteiger partial charge is 0.484 e. The second-order valence-electron chi connectivity index (χ2n) is 8.79. The van der Waals surface area contributed by atoms with E-state index in [4.69, 9.17) is 37.4 Å². The van der Waals surface area contributed by atoms with Crippen LogP contribution in [0.15, 0.2) is 48.7 Å². The molecular weight excluding hydrogens is 540 g/mol. The summed E-state index contributed by atoms with van der Waals surface area (Å²) in [5.74, 6) is -1.47. The predicted octanol–water partition coefficient (Wildman–Crippen LogP) is 3.48. The Labute approximate surface area is 228 Å². The molecule has 202 valence electrons. The molecule has 0 saturated carbocycles. The molecular formula is C26H26Cl2FN3O6. The first-order valence-electron chi connectivity index (χ1n) is 11.9. The van der Waals surface area contributed by atoms with Crippen LogP contribution in [-0.2, 0) is 19.1 Å². The second kappa shape index (κ2) is 12.5. The average molecular weight is 566 g/mol. The summed E-state index contributed by atoms with van der Waals surface area (Å²) in [7, 11) is 0. The van der Waals surface area contributed by atoms with Crippen LogP contribution < -0.4 is 25.0 Å². The minimum absolute atomic E-state index is 0.0226. The number of nitrogens with zero attached hydrogens (tertiary/aromatic N) is 1. The van der Waals surface area contributed by atoms with Crippen molar-refractivity contribution in [3.8, 4) is 11.5 Å². The molecule has 9 nitrogen and oxygen atoms in total. The summed E-state index contributed by atoms with van der Waals surface area (Å²) in [5, 5.41) is 5.71. The van der Waals surface area contributed by atoms with Crippen LogP contribution in [0, 0.1) is 11.7 Å². The van der Waals surface area contributed by atoms with E-state index >= 15 is 0 Å². The quantitative estimate of drug-likeness (QED) is 0.482. The molecule has 12 heteroatoms. The van der Waals surface area contributed by atoms with Crippen LogP contribution in [0.4, 0.5) is 10.1 Å². The Morgan fingerprint density at radius 1 is 1.18 bits per heavy atom. The fourth-order valence-corrected chi connectivity index (χ4v) is 4.30. The summed E-state index contributed by atoms with van der Waals surface area (Å²) in [6.45, 7) is 4.45. The SMILES string of the molecule is C=C(CCNC(=O)C1CN(C(=O)C2CCOC2)c2cc(Cl)ccc2O1)NC(=O)COc1ccc(Cl)c(F)c1. The molecule has 2 unspecified atom stereocenters. The highest BCUT2D eigenvalue weighted by atomic mass is 35.5. The van der Waals surface area contributed by atoms with Gasteiger partial charge in [0.25, 0.3) is 11.8 Å². The van der Waals surface area contributed by atoms with E-state index in [2.05, 4.69) is 17.2 Å². The number of amides is 3. The topological polar surface area (TPSA) is 106 Å². The van der Waals surface area contributed by atoms with E-state index in [0.717, 1.165) is 6.07 Å². The maximum absolute atomic E-state index is 13.5. The molecule has 2 N–H and O–H groups in total. The number of rotatable bonds is 9. The normalized spacial score (nSPS) is 18.2. The van der Waals surface area contributed by atoms with Gasteiger partial charge in [-0.3, -0.25) is 14.4 Å². The Morgan fingerprint density at radius 3 is 2.74 bits per heavy atom. The molecule has 3 amide bonds. The molecule has 0 aliphatic carbocycles. The van der Waals surface area contributed by atoms with Gasteiger partial charge in [0.05, 0.1) is 29.8 Å². The zero-order valence-corrected chi connectivity index (χ0v) is 21.8. The molecule has 2 heterocycles. The van der Waals surface area contributed by atoms with Crippen LogP contribution in [0.3, 0.4) is 0 Å². The van der Waals surface area contributed by atoms with Crippen LogP contribution in [0.25, 0.3) is 0 Å². The van der Waals surface area contributed by atoms with Gasteiger partial charge in [0, 0.05) is 36.4 Å². The Bertz CT molecular complexity index is 1240. The second-order valence-corrected chi connectivity index (χ2v) is 9.63. The van der Waals surface area contributed by atoms with E-state index in [1.165, 1.54) is 17.0 Å². The molecule has 0 aromatic heterocycles. The Kier molecular flexibility index (Phi) is 9.09. The summed E-state index contributed by atoms with van der Waals surface area (Å²) in [6, 6.07) is 8.74. The first-order chi connectivity index (χ1) is 18.2.